The minimum absolute atomic E-state index is 0.257. The molecule has 0 radical (unpaired) electrons. The summed E-state index contributed by atoms with van der Waals surface area (Å²) in [6.45, 7) is 2.84. The molecule has 1 amide bonds. The Morgan fingerprint density at radius 3 is 2.74 bits per heavy atom. The first-order valence-electron chi connectivity index (χ1n) is 8.49. The Hall–Kier alpha value is -3.13. The van der Waals surface area contributed by atoms with E-state index in [0.717, 1.165) is 5.75 Å². The first-order chi connectivity index (χ1) is 13.2. The zero-order valence-corrected chi connectivity index (χ0v) is 15.4. The molecule has 27 heavy (non-hydrogen) atoms. The van der Waals surface area contributed by atoms with Gasteiger partial charge in [0.2, 0.25) is 5.13 Å². The highest BCUT2D eigenvalue weighted by Gasteiger charge is 2.26. The van der Waals surface area contributed by atoms with Gasteiger partial charge in [-0.15, -0.1) is 10.2 Å². The van der Waals surface area contributed by atoms with Crippen LogP contribution in [0.4, 0.5) is 5.13 Å². The predicted octanol–water partition coefficient (Wildman–Crippen LogP) is 3.70. The van der Waals surface area contributed by atoms with Gasteiger partial charge in [0.1, 0.15) is 12.4 Å². The molecule has 7 nitrogen and oxygen atoms in total. The van der Waals surface area contributed by atoms with Gasteiger partial charge in [-0.25, -0.2) is 0 Å². The highest BCUT2D eigenvalue weighted by Crippen LogP contribution is 2.37. The Morgan fingerprint density at radius 1 is 1.19 bits per heavy atom. The molecule has 0 spiro atoms. The molecule has 1 aliphatic rings. The van der Waals surface area contributed by atoms with Crippen LogP contribution >= 0.6 is 11.3 Å². The molecule has 4 rings (SSSR count). The van der Waals surface area contributed by atoms with Gasteiger partial charge in [-0.05, 0) is 43.3 Å². The molecule has 0 aliphatic carbocycles. The standard InChI is InChI=1S/C19H17N3O4S/c1-2-24-13-9-7-12(8-10-13)17(23)20-19-22-21-18(27-19)16-11-25-14-5-3-4-6-15(14)26-16/h3-10,16H,2,11H2,1H3,(H,20,22,23). The van der Waals surface area contributed by atoms with E-state index in [4.69, 9.17) is 14.2 Å². The number of para-hydroxylation sites is 2. The van der Waals surface area contributed by atoms with Gasteiger partial charge >= 0.3 is 0 Å². The molecule has 8 heteroatoms. The molecule has 3 aromatic rings. The molecule has 1 atom stereocenters. The predicted molar refractivity (Wildman–Crippen MR) is 101 cm³/mol. The van der Waals surface area contributed by atoms with Crippen molar-refractivity contribution in [3.05, 3.63) is 59.1 Å². The lowest BCUT2D eigenvalue weighted by molar-refractivity contribution is 0.0906. The van der Waals surface area contributed by atoms with Crippen LogP contribution in [0.5, 0.6) is 17.2 Å². The Labute approximate surface area is 159 Å². The van der Waals surface area contributed by atoms with Crippen molar-refractivity contribution in [2.24, 2.45) is 0 Å². The van der Waals surface area contributed by atoms with Gasteiger partial charge in [0.05, 0.1) is 6.61 Å². The average Bonchev–Trinajstić information content (AvgIpc) is 3.17. The highest BCUT2D eigenvalue weighted by molar-refractivity contribution is 7.15. The Morgan fingerprint density at radius 2 is 1.96 bits per heavy atom. The van der Waals surface area contributed by atoms with Crippen molar-refractivity contribution in [2.75, 3.05) is 18.5 Å². The van der Waals surface area contributed by atoms with Gasteiger partial charge in [-0.3, -0.25) is 10.1 Å². The number of nitrogens with zero attached hydrogens (tertiary/aromatic N) is 2. The monoisotopic (exact) mass is 383 g/mol. The molecule has 0 fully saturated rings. The number of carbonyl (C=O) groups is 1. The number of nitrogens with one attached hydrogen (secondary N) is 1. The van der Waals surface area contributed by atoms with E-state index in [1.54, 1.807) is 24.3 Å². The molecule has 1 aromatic heterocycles. The molecule has 0 bridgehead atoms. The summed E-state index contributed by atoms with van der Waals surface area (Å²) in [4.78, 5) is 12.4. The van der Waals surface area contributed by atoms with E-state index >= 15 is 0 Å². The summed E-state index contributed by atoms with van der Waals surface area (Å²) in [5.74, 6) is 1.85. The first-order valence-corrected chi connectivity index (χ1v) is 9.30. The smallest absolute Gasteiger partial charge is 0.257 e. The van der Waals surface area contributed by atoms with Crippen molar-refractivity contribution in [3.8, 4) is 17.2 Å². The van der Waals surface area contributed by atoms with Crippen molar-refractivity contribution in [2.45, 2.75) is 13.0 Å². The van der Waals surface area contributed by atoms with E-state index in [1.807, 2.05) is 31.2 Å². The topological polar surface area (TPSA) is 82.6 Å². The number of carbonyl (C=O) groups excluding carboxylic acids is 1. The second kappa shape index (κ2) is 7.63. The van der Waals surface area contributed by atoms with Crippen molar-refractivity contribution in [1.29, 1.82) is 0 Å². The zero-order valence-electron chi connectivity index (χ0n) is 14.5. The van der Waals surface area contributed by atoms with E-state index < -0.39 is 0 Å². The van der Waals surface area contributed by atoms with Crippen molar-refractivity contribution >= 4 is 22.4 Å². The Kier molecular flexibility index (Phi) is 4.88. The van der Waals surface area contributed by atoms with Crippen LogP contribution in [0, 0.1) is 0 Å². The third-order valence-electron chi connectivity index (χ3n) is 3.87. The number of rotatable bonds is 5. The van der Waals surface area contributed by atoms with E-state index in [1.165, 1.54) is 11.3 Å². The zero-order chi connectivity index (χ0) is 18.6. The van der Waals surface area contributed by atoms with Gasteiger partial charge in [-0.1, -0.05) is 23.5 Å². The fraction of sp³-hybridized carbons (Fsp3) is 0.211. The lowest BCUT2D eigenvalue weighted by atomic mass is 10.2. The van der Waals surface area contributed by atoms with Crippen LogP contribution in [-0.2, 0) is 0 Å². The summed E-state index contributed by atoms with van der Waals surface area (Å²) in [6.07, 6.45) is -0.353. The third-order valence-corrected chi connectivity index (χ3v) is 4.80. The minimum Gasteiger partial charge on any atom is -0.494 e. The molecule has 2 heterocycles. The fourth-order valence-corrected chi connectivity index (χ4v) is 3.35. The number of benzene rings is 2. The summed E-state index contributed by atoms with van der Waals surface area (Å²) in [6, 6.07) is 14.4. The van der Waals surface area contributed by atoms with E-state index in [-0.39, 0.29) is 12.0 Å². The van der Waals surface area contributed by atoms with Gasteiger partial charge in [0.15, 0.2) is 22.6 Å². The second-order valence-electron chi connectivity index (χ2n) is 5.72. The maximum atomic E-state index is 12.4. The third kappa shape index (κ3) is 3.85. The molecule has 1 N–H and O–H groups in total. The van der Waals surface area contributed by atoms with Crippen LogP contribution in [0.3, 0.4) is 0 Å². The van der Waals surface area contributed by atoms with Gasteiger partial charge in [-0.2, -0.15) is 0 Å². The Bertz CT molecular complexity index is 942. The van der Waals surface area contributed by atoms with Crippen molar-refractivity contribution in [1.82, 2.24) is 10.2 Å². The molecular formula is C19H17N3O4S. The van der Waals surface area contributed by atoms with Gasteiger partial charge < -0.3 is 14.2 Å². The maximum Gasteiger partial charge on any atom is 0.257 e. The minimum atomic E-state index is -0.353. The fourth-order valence-electron chi connectivity index (χ4n) is 2.59. The Balaban J connectivity index is 1.41. The number of fused-ring (bicyclic) bond motifs is 1. The number of ether oxygens (including phenoxy) is 3. The van der Waals surface area contributed by atoms with Gasteiger partial charge in [0, 0.05) is 5.56 Å². The van der Waals surface area contributed by atoms with E-state index in [2.05, 4.69) is 15.5 Å². The summed E-state index contributed by atoms with van der Waals surface area (Å²) in [7, 11) is 0. The lowest BCUT2D eigenvalue weighted by Gasteiger charge is -2.24. The van der Waals surface area contributed by atoms with Crippen LogP contribution in [0.25, 0.3) is 0 Å². The van der Waals surface area contributed by atoms with E-state index in [0.29, 0.717) is 40.4 Å². The van der Waals surface area contributed by atoms with Crippen LogP contribution in [0.2, 0.25) is 0 Å². The lowest BCUT2D eigenvalue weighted by Crippen LogP contribution is -2.21. The van der Waals surface area contributed by atoms with E-state index in [9.17, 15) is 4.79 Å². The quantitative estimate of drug-likeness (QED) is 0.723. The number of hydrogen-bond acceptors (Lipinski definition) is 7. The molecular weight excluding hydrogens is 366 g/mol. The summed E-state index contributed by atoms with van der Waals surface area (Å²) >= 11 is 1.26. The normalized spacial score (nSPS) is 15.2. The second-order valence-corrected chi connectivity index (χ2v) is 6.73. The molecule has 0 saturated heterocycles. The number of hydrogen-bond donors (Lipinski definition) is 1. The number of aromatic nitrogens is 2. The summed E-state index contributed by atoms with van der Waals surface area (Å²) < 4.78 is 17.0. The number of amides is 1. The van der Waals surface area contributed by atoms with Crippen molar-refractivity contribution in [3.63, 3.8) is 0 Å². The van der Waals surface area contributed by atoms with Crippen LogP contribution < -0.4 is 19.5 Å². The first kappa shape index (κ1) is 17.3. The largest absolute Gasteiger partial charge is 0.494 e. The molecule has 1 unspecified atom stereocenters. The highest BCUT2D eigenvalue weighted by atomic mass is 32.1. The van der Waals surface area contributed by atoms with Crippen LogP contribution in [-0.4, -0.2) is 29.3 Å². The molecule has 1 aliphatic heterocycles. The molecule has 138 valence electrons. The number of anilines is 1. The SMILES string of the molecule is CCOc1ccc(C(=O)Nc2nnc(C3COc4ccccc4O3)s2)cc1. The average molecular weight is 383 g/mol. The molecule has 2 aromatic carbocycles. The maximum absolute atomic E-state index is 12.4. The molecule has 0 saturated carbocycles. The van der Waals surface area contributed by atoms with Crippen LogP contribution in [0.15, 0.2) is 48.5 Å². The summed E-state index contributed by atoms with van der Waals surface area (Å²) in [5, 5.41) is 12.0. The van der Waals surface area contributed by atoms with Crippen LogP contribution in [0.1, 0.15) is 28.4 Å². The van der Waals surface area contributed by atoms with Crippen molar-refractivity contribution < 1.29 is 19.0 Å². The van der Waals surface area contributed by atoms with Gasteiger partial charge in [0.25, 0.3) is 5.91 Å². The summed E-state index contributed by atoms with van der Waals surface area (Å²) in [5.41, 5.74) is 0.515.